The molecule has 48 heavy (non-hydrogen) atoms. The first kappa shape index (κ1) is 34.8. The summed E-state index contributed by atoms with van der Waals surface area (Å²) < 4.78 is 51.1. The van der Waals surface area contributed by atoms with Crippen LogP contribution in [0.3, 0.4) is 0 Å². The second-order valence-corrected chi connectivity index (χ2v) is 15.9. The lowest BCUT2D eigenvalue weighted by Gasteiger charge is -2.45. The number of halogens is 2. The molecular weight excluding hydrogens is 677 g/mol. The van der Waals surface area contributed by atoms with Crippen LogP contribution in [0, 0.1) is 0 Å². The zero-order chi connectivity index (χ0) is 34.3. The first-order valence-electron chi connectivity index (χ1n) is 16.0. The molecule has 0 saturated carbocycles. The van der Waals surface area contributed by atoms with Gasteiger partial charge in [0.05, 0.1) is 56.2 Å². The summed E-state index contributed by atoms with van der Waals surface area (Å²) >= 11 is 12.9. The molecule has 3 heterocycles. The van der Waals surface area contributed by atoms with Crippen molar-refractivity contribution in [3.63, 3.8) is 0 Å². The molecule has 0 aromatic heterocycles. The number of hydrogen-bond acceptors (Lipinski definition) is 8. The van der Waals surface area contributed by atoms with Crippen molar-refractivity contribution in [3.05, 3.63) is 81.3 Å². The molecule has 2 unspecified atom stereocenters. The summed E-state index contributed by atoms with van der Waals surface area (Å²) in [4.78, 5) is 15.9. The lowest BCUT2D eigenvalue weighted by Crippen LogP contribution is -2.59. The van der Waals surface area contributed by atoms with E-state index in [1.807, 2.05) is 24.3 Å². The number of quaternary nitrogens is 1. The molecule has 1 spiro atoms. The largest absolute Gasteiger partial charge is 0.493 e. The molecular formula is C35H42Cl2N3O7S+. The molecule has 2 fully saturated rings. The van der Waals surface area contributed by atoms with Crippen LogP contribution in [0.1, 0.15) is 40.7 Å². The van der Waals surface area contributed by atoms with Crippen molar-refractivity contribution in [2.75, 3.05) is 73.5 Å². The van der Waals surface area contributed by atoms with Crippen LogP contribution in [0.5, 0.6) is 17.2 Å². The van der Waals surface area contributed by atoms with E-state index in [0.29, 0.717) is 52.4 Å². The molecule has 13 heteroatoms. The number of fused-ring (bicyclic) bond motifs is 2. The van der Waals surface area contributed by atoms with E-state index in [4.69, 9.17) is 42.1 Å². The van der Waals surface area contributed by atoms with Crippen molar-refractivity contribution in [2.45, 2.75) is 30.3 Å². The number of morpholine rings is 1. The highest BCUT2D eigenvalue weighted by molar-refractivity contribution is 7.90. The number of amides is 1. The van der Waals surface area contributed by atoms with Crippen molar-refractivity contribution in [2.24, 2.45) is 0 Å². The monoisotopic (exact) mass is 718 g/mol. The quantitative estimate of drug-likeness (QED) is 0.295. The molecule has 2 atom stereocenters. The molecule has 6 rings (SSSR count). The maximum Gasteiger partial charge on any atom is 0.298 e. The van der Waals surface area contributed by atoms with Gasteiger partial charge in [-0.1, -0.05) is 47.5 Å². The van der Waals surface area contributed by atoms with Gasteiger partial charge in [-0.2, -0.15) is 12.3 Å². The molecule has 3 aliphatic rings. The van der Waals surface area contributed by atoms with Crippen molar-refractivity contribution >= 4 is 44.8 Å². The topological polar surface area (TPSA) is 103 Å². The van der Waals surface area contributed by atoms with Crippen LogP contribution in [0.2, 0.25) is 10.0 Å². The van der Waals surface area contributed by atoms with Gasteiger partial charge in [0.25, 0.3) is 15.9 Å². The zero-order valence-electron chi connectivity index (χ0n) is 27.7. The molecule has 3 aromatic carbocycles. The van der Waals surface area contributed by atoms with E-state index >= 15 is 0 Å². The molecule has 258 valence electrons. The van der Waals surface area contributed by atoms with Gasteiger partial charge in [0.1, 0.15) is 18.7 Å². The van der Waals surface area contributed by atoms with Crippen molar-refractivity contribution < 1.29 is 32.2 Å². The standard InChI is InChI=1S/C35H42Cl2N3O7S/c1-44-30-19-24(20-31(45-2)32(30)46-3)33(41)39-16-18-47-35(22-39,25-9-10-27(36)28(37)21-25)13-17-40(48(4,42)43)23-34(11-14-38-15-12-34)26-7-5-6-8-29(26)40/h5-10,19-21,38H,11-18,22-23H2,1-4H3/q+1. The van der Waals surface area contributed by atoms with Gasteiger partial charge >= 0.3 is 0 Å². The fourth-order valence-corrected chi connectivity index (χ4v) is 9.61. The molecule has 2 saturated heterocycles. The molecule has 1 amide bonds. The first-order chi connectivity index (χ1) is 22.9. The molecule has 0 radical (unpaired) electrons. The van der Waals surface area contributed by atoms with Gasteiger partial charge in [0.2, 0.25) is 5.75 Å². The SMILES string of the molecule is COc1cc(C(=O)N2CCOC(CC[N+]3(S(C)(=O)=O)CC4(CCNCC4)c4ccccc43)(c3ccc(Cl)c(Cl)c3)C2)cc(OC)c1OC. The van der Waals surface area contributed by atoms with Crippen molar-refractivity contribution in [1.82, 2.24) is 14.1 Å². The highest BCUT2D eigenvalue weighted by atomic mass is 35.5. The second-order valence-electron chi connectivity index (χ2n) is 12.9. The van der Waals surface area contributed by atoms with Gasteiger partial charge in [-0.05, 0) is 55.8 Å². The summed E-state index contributed by atoms with van der Waals surface area (Å²) in [6, 6.07) is 16.5. The Morgan fingerprint density at radius 2 is 1.67 bits per heavy atom. The van der Waals surface area contributed by atoms with Gasteiger partial charge in [0, 0.05) is 30.2 Å². The Hall–Kier alpha value is -3.06. The minimum Gasteiger partial charge on any atom is -0.493 e. The Kier molecular flexibility index (Phi) is 9.67. The van der Waals surface area contributed by atoms with Crippen LogP contribution in [-0.4, -0.2) is 92.7 Å². The van der Waals surface area contributed by atoms with Crippen molar-refractivity contribution in [1.29, 1.82) is 0 Å². The molecule has 0 bridgehead atoms. The third-order valence-electron chi connectivity index (χ3n) is 10.4. The van der Waals surface area contributed by atoms with Crippen LogP contribution in [0.25, 0.3) is 0 Å². The highest BCUT2D eigenvalue weighted by Crippen LogP contribution is 2.52. The summed E-state index contributed by atoms with van der Waals surface area (Å²) in [5, 5.41) is 4.18. The number of nitrogens with zero attached hydrogens (tertiary/aromatic N) is 2. The molecule has 3 aromatic rings. The van der Waals surface area contributed by atoms with E-state index in [0.717, 1.165) is 42.7 Å². The zero-order valence-corrected chi connectivity index (χ0v) is 30.0. The second kappa shape index (κ2) is 13.3. The number of rotatable bonds is 9. The number of hydrogen-bond donors (Lipinski definition) is 1. The smallest absolute Gasteiger partial charge is 0.298 e. The van der Waals surface area contributed by atoms with Crippen LogP contribution in [0.4, 0.5) is 5.69 Å². The molecule has 0 aliphatic carbocycles. The summed E-state index contributed by atoms with van der Waals surface area (Å²) in [6.07, 6.45) is 3.33. The normalized spacial score (nSPS) is 23.5. The van der Waals surface area contributed by atoms with Gasteiger partial charge < -0.3 is 29.2 Å². The number of carbonyl (C=O) groups excluding carboxylic acids is 1. The number of sulfonamides is 1. The lowest BCUT2D eigenvalue weighted by molar-refractivity contribution is -0.111. The Morgan fingerprint density at radius 1 is 0.979 bits per heavy atom. The fraction of sp³-hybridized carbons (Fsp3) is 0.457. The fourth-order valence-electron chi connectivity index (χ4n) is 7.89. The summed E-state index contributed by atoms with van der Waals surface area (Å²) in [7, 11) is 0.830. The van der Waals surface area contributed by atoms with E-state index < -0.39 is 15.6 Å². The number of piperidine rings is 1. The molecule has 10 nitrogen and oxygen atoms in total. The lowest BCUT2D eigenvalue weighted by atomic mass is 9.75. The predicted molar refractivity (Wildman–Crippen MR) is 187 cm³/mol. The van der Waals surface area contributed by atoms with Gasteiger partial charge in [0.15, 0.2) is 17.2 Å². The van der Waals surface area contributed by atoms with E-state index in [2.05, 4.69) is 11.4 Å². The van der Waals surface area contributed by atoms with E-state index in [1.54, 1.807) is 29.2 Å². The number of benzene rings is 3. The Balaban J connectivity index is 1.41. The van der Waals surface area contributed by atoms with Crippen LogP contribution in [0.15, 0.2) is 54.6 Å². The van der Waals surface area contributed by atoms with Crippen LogP contribution >= 0.6 is 23.2 Å². The van der Waals surface area contributed by atoms with Crippen molar-refractivity contribution in [3.8, 4) is 17.2 Å². The predicted octanol–water partition coefficient (Wildman–Crippen LogP) is 5.38. The summed E-state index contributed by atoms with van der Waals surface area (Å²) in [5.74, 6) is 0.858. The van der Waals surface area contributed by atoms with Gasteiger partial charge in [-0.25, -0.2) is 0 Å². The number of nitrogens with one attached hydrogen (secondary N) is 1. The van der Waals surface area contributed by atoms with Crippen LogP contribution < -0.4 is 23.4 Å². The first-order valence-corrected chi connectivity index (χ1v) is 18.6. The average Bonchev–Trinajstić information content (AvgIpc) is 3.37. The summed E-state index contributed by atoms with van der Waals surface area (Å²) in [6.45, 7) is 3.03. The minimum atomic E-state index is -3.68. The average molecular weight is 720 g/mol. The minimum absolute atomic E-state index is 0.154. The van der Waals surface area contributed by atoms with E-state index in [-0.39, 0.29) is 34.9 Å². The third-order valence-corrected chi connectivity index (χ3v) is 12.9. The number of carbonyl (C=O) groups is 1. The molecule has 1 N–H and O–H groups in total. The van der Waals surface area contributed by atoms with Gasteiger partial charge in [-0.3, -0.25) is 4.79 Å². The van der Waals surface area contributed by atoms with E-state index in [1.165, 1.54) is 27.6 Å². The number of ether oxygens (including phenoxy) is 4. The Bertz CT molecular complexity index is 1790. The Labute approximate surface area is 292 Å². The summed E-state index contributed by atoms with van der Waals surface area (Å²) in [5.41, 5.74) is 1.64. The van der Waals surface area contributed by atoms with E-state index in [9.17, 15) is 13.2 Å². The third kappa shape index (κ3) is 5.92. The van der Waals surface area contributed by atoms with Crippen LogP contribution in [-0.2, 0) is 25.8 Å². The number of methoxy groups -OCH3 is 3. The highest BCUT2D eigenvalue weighted by Gasteiger charge is 2.59. The van der Waals surface area contributed by atoms with Gasteiger partial charge in [-0.15, -0.1) is 0 Å². The maximum absolute atomic E-state index is 14.2. The number of para-hydroxylation sites is 1. The maximum atomic E-state index is 14.2. The molecule has 3 aliphatic heterocycles. The Morgan fingerprint density at radius 3 is 2.29 bits per heavy atom.